The van der Waals surface area contributed by atoms with Crippen molar-refractivity contribution in [3.05, 3.63) is 59.4 Å². The lowest BCUT2D eigenvalue weighted by molar-refractivity contribution is -0.119. The Labute approximate surface area is 154 Å². The number of pyridine rings is 1. The number of hydrogen-bond acceptors (Lipinski definition) is 8. The molecule has 27 heavy (non-hydrogen) atoms. The number of benzene rings is 1. The monoisotopic (exact) mass is 372 g/mol. The van der Waals surface area contributed by atoms with Crippen molar-refractivity contribution in [2.75, 3.05) is 26.1 Å². The molecule has 1 aromatic carbocycles. The smallest absolute Gasteiger partial charge is 0.339 e. The van der Waals surface area contributed by atoms with Gasteiger partial charge in [0.25, 0.3) is 5.91 Å². The van der Waals surface area contributed by atoms with Gasteiger partial charge < -0.3 is 19.5 Å². The Hall–Kier alpha value is -3.75. The van der Waals surface area contributed by atoms with E-state index in [2.05, 4.69) is 19.8 Å². The second kappa shape index (κ2) is 9.09. The molecule has 0 spiro atoms. The molecule has 1 aromatic heterocycles. The van der Waals surface area contributed by atoms with Crippen LogP contribution in [0.5, 0.6) is 0 Å². The summed E-state index contributed by atoms with van der Waals surface area (Å²) in [5.41, 5.74) is 0.406. The van der Waals surface area contributed by atoms with Crippen LogP contribution in [0.1, 0.15) is 31.1 Å². The second-order valence-electron chi connectivity index (χ2n) is 5.10. The molecule has 0 saturated heterocycles. The third-order valence-corrected chi connectivity index (χ3v) is 3.37. The molecule has 0 bridgehead atoms. The number of carbonyl (C=O) groups excluding carboxylic acids is 4. The van der Waals surface area contributed by atoms with Gasteiger partial charge in [-0.15, -0.1) is 0 Å². The van der Waals surface area contributed by atoms with Crippen molar-refractivity contribution in [1.29, 1.82) is 0 Å². The number of carbonyl (C=O) groups is 4. The Bertz CT molecular complexity index is 865. The predicted octanol–water partition coefficient (Wildman–Crippen LogP) is 1.45. The summed E-state index contributed by atoms with van der Waals surface area (Å²) >= 11 is 0. The van der Waals surface area contributed by atoms with Crippen molar-refractivity contribution in [1.82, 2.24) is 4.98 Å². The van der Waals surface area contributed by atoms with Gasteiger partial charge in [0.15, 0.2) is 6.61 Å². The lowest BCUT2D eigenvalue weighted by Crippen LogP contribution is -2.22. The van der Waals surface area contributed by atoms with E-state index in [1.165, 1.54) is 56.9 Å². The maximum Gasteiger partial charge on any atom is 0.339 e. The van der Waals surface area contributed by atoms with E-state index in [0.717, 1.165) is 0 Å². The minimum atomic E-state index is -0.713. The van der Waals surface area contributed by atoms with Gasteiger partial charge in [-0.25, -0.2) is 14.4 Å². The molecule has 0 aliphatic heterocycles. The quantitative estimate of drug-likeness (QED) is 0.597. The first-order valence-electron chi connectivity index (χ1n) is 7.64. The van der Waals surface area contributed by atoms with Gasteiger partial charge in [-0.3, -0.25) is 9.78 Å². The zero-order chi connectivity index (χ0) is 19.8. The Kier molecular flexibility index (Phi) is 6.59. The summed E-state index contributed by atoms with van der Waals surface area (Å²) in [4.78, 5) is 51.2. The van der Waals surface area contributed by atoms with Gasteiger partial charge in [-0.05, 0) is 30.3 Å². The number of methoxy groups -OCH3 is 2. The third kappa shape index (κ3) is 5.11. The summed E-state index contributed by atoms with van der Waals surface area (Å²) < 4.78 is 14.2. The number of esters is 3. The fourth-order valence-electron chi connectivity index (χ4n) is 2.07. The highest BCUT2D eigenvalue weighted by Crippen LogP contribution is 2.20. The molecular weight excluding hydrogens is 356 g/mol. The lowest BCUT2D eigenvalue weighted by Gasteiger charge is -2.11. The summed E-state index contributed by atoms with van der Waals surface area (Å²) in [6.45, 7) is -0.593. The first-order valence-corrected chi connectivity index (χ1v) is 7.64. The molecule has 0 radical (unpaired) electrons. The topological polar surface area (TPSA) is 121 Å². The van der Waals surface area contributed by atoms with Crippen molar-refractivity contribution in [2.45, 2.75) is 0 Å². The van der Waals surface area contributed by atoms with Crippen LogP contribution in [0.25, 0.3) is 0 Å². The zero-order valence-corrected chi connectivity index (χ0v) is 14.6. The number of aromatic nitrogens is 1. The Morgan fingerprint density at radius 1 is 0.889 bits per heavy atom. The van der Waals surface area contributed by atoms with Crippen LogP contribution in [0.3, 0.4) is 0 Å². The third-order valence-electron chi connectivity index (χ3n) is 3.37. The van der Waals surface area contributed by atoms with Crippen LogP contribution in [0, 0.1) is 0 Å². The first-order chi connectivity index (χ1) is 13.0. The van der Waals surface area contributed by atoms with Crippen molar-refractivity contribution >= 4 is 29.5 Å². The fourth-order valence-corrected chi connectivity index (χ4v) is 2.07. The molecule has 1 N–H and O–H groups in total. The van der Waals surface area contributed by atoms with Crippen LogP contribution in [-0.4, -0.2) is 49.6 Å². The van der Waals surface area contributed by atoms with Gasteiger partial charge in [0.05, 0.1) is 36.6 Å². The number of nitrogens with one attached hydrogen (secondary N) is 1. The maximum absolute atomic E-state index is 12.1. The van der Waals surface area contributed by atoms with Crippen LogP contribution in [0.2, 0.25) is 0 Å². The maximum atomic E-state index is 12.1. The molecule has 0 fully saturated rings. The van der Waals surface area contributed by atoms with Crippen LogP contribution in [-0.2, 0) is 19.0 Å². The average Bonchev–Trinajstić information content (AvgIpc) is 2.71. The fraction of sp³-hybridized carbons (Fsp3) is 0.167. The van der Waals surface area contributed by atoms with E-state index in [1.54, 1.807) is 0 Å². The summed E-state index contributed by atoms with van der Waals surface area (Å²) in [7, 11) is 2.38. The molecule has 1 amide bonds. The Morgan fingerprint density at radius 3 is 2.19 bits per heavy atom. The van der Waals surface area contributed by atoms with Crippen molar-refractivity contribution < 1.29 is 33.4 Å². The molecule has 2 aromatic rings. The van der Waals surface area contributed by atoms with Crippen molar-refractivity contribution in [3.63, 3.8) is 0 Å². The minimum Gasteiger partial charge on any atom is -0.465 e. The number of rotatable bonds is 6. The lowest BCUT2D eigenvalue weighted by atomic mass is 10.1. The molecule has 140 valence electrons. The van der Waals surface area contributed by atoms with E-state index in [4.69, 9.17) is 4.74 Å². The first kappa shape index (κ1) is 19.6. The van der Waals surface area contributed by atoms with Crippen LogP contribution < -0.4 is 5.32 Å². The van der Waals surface area contributed by atoms with Gasteiger partial charge in [-0.1, -0.05) is 0 Å². The summed E-state index contributed by atoms with van der Waals surface area (Å²) in [6.07, 6.45) is 2.83. The van der Waals surface area contributed by atoms with Gasteiger partial charge in [-0.2, -0.15) is 0 Å². The molecule has 9 nitrogen and oxygen atoms in total. The van der Waals surface area contributed by atoms with E-state index >= 15 is 0 Å². The largest absolute Gasteiger partial charge is 0.465 e. The number of amides is 1. The summed E-state index contributed by atoms with van der Waals surface area (Å²) in [5, 5.41) is 2.41. The minimum absolute atomic E-state index is 0.0229. The number of ether oxygens (including phenoxy) is 3. The second-order valence-corrected chi connectivity index (χ2v) is 5.10. The highest BCUT2D eigenvalue weighted by Gasteiger charge is 2.18. The molecule has 0 atom stereocenters. The van der Waals surface area contributed by atoms with Gasteiger partial charge in [0.1, 0.15) is 0 Å². The van der Waals surface area contributed by atoms with E-state index in [9.17, 15) is 19.2 Å². The van der Waals surface area contributed by atoms with Crippen LogP contribution >= 0.6 is 0 Å². The van der Waals surface area contributed by atoms with Crippen molar-refractivity contribution in [2.24, 2.45) is 0 Å². The molecule has 0 aliphatic rings. The van der Waals surface area contributed by atoms with E-state index in [-0.39, 0.29) is 22.4 Å². The average molecular weight is 372 g/mol. The van der Waals surface area contributed by atoms with Gasteiger partial charge >= 0.3 is 17.9 Å². The summed E-state index contributed by atoms with van der Waals surface area (Å²) in [5.74, 6) is -2.77. The zero-order valence-electron chi connectivity index (χ0n) is 14.6. The Morgan fingerprint density at radius 2 is 1.56 bits per heavy atom. The SMILES string of the molecule is COC(=O)c1ccc(C(=O)OC)c(NC(=O)COC(=O)c2ccncc2)c1. The number of anilines is 1. The standard InChI is InChI=1S/C18H16N2O7/c1-25-16(22)12-3-4-13(18(24)26-2)14(9-12)20-15(21)10-27-17(23)11-5-7-19-8-6-11/h3-9H,10H2,1-2H3,(H,20,21). The van der Waals surface area contributed by atoms with Crippen LogP contribution in [0.4, 0.5) is 5.69 Å². The molecular formula is C18H16N2O7. The Balaban J connectivity index is 2.11. The predicted molar refractivity (Wildman–Crippen MR) is 92.3 cm³/mol. The number of hydrogen-bond donors (Lipinski definition) is 1. The molecule has 2 rings (SSSR count). The summed E-state index contributed by atoms with van der Waals surface area (Å²) in [6, 6.07) is 6.82. The van der Waals surface area contributed by atoms with E-state index in [0.29, 0.717) is 0 Å². The molecule has 0 saturated carbocycles. The highest BCUT2D eigenvalue weighted by molar-refractivity contribution is 6.04. The van der Waals surface area contributed by atoms with Gasteiger partial charge in [0.2, 0.25) is 0 Å². The van der Waals surface area contributed by atoms with E-state index in [1.807, 2.05) is 0 Å². The van der Waals surface area contributed by atoms with Crippen LogP contribution in [0.15, 0.2) is 42.7 Å². The van der Waals surface area contributed by atoms with E-state index < -0.39 is 30.4 Å². The normalized spacial score (nSPS) is 9.85. The molecule has 0 unspecified atom stereocenters. The van der Waals surface area contributed by atoms with Crippen molar-refractivity contribution in [3.8, 4) is 0 Å². The molecule has 0 aliphatic carbocycles. The highest BCUT2D eigenvalue weighted by atomic mass is 16.5. The number of nitrogens with zero attached hydrogens (tertiary/aromatic N) is 1. The molecule has 1 heterocycles. The van der Waals surface area contributed by atoms with Gasteiger partial charge in [0, 0.05) is 12.4 Å². The molecule has 9 heteroatoms.